The largest absolute Gasteiger partial charge is 0.342 e. The van der Waals surface area contributed by atoms with Crippen LogP contribution in [0.5, 0.6) is 0 Å². The van der Waals surface area contributed by atoms with E-state index in [9.17, 15) is 4.79 Å². The van der Waals surface area contributed by atoms with Gasteiger partial charge >= 0.3 is 0 Å². The van der Waals surface area contributed by atoms with Crippen LogP contribution in [0.2, 0.25) is 5.02 Å². The Morgan fingerprint density at radius 1 is 1.61 bits per heavy atom. The van der Waals surface area contributed by atoms with Crippen LogP contribution in [0.3, 0.4) is 0 Å². The first-order chi connectivity index (χ1) is 8.61. The number of carbonyl (C=O) groups excluding carboxylic acids is 1. The van der Waals surface area contributed by atoms with Gasteiger partial charge in [0, 0.05) is 19.8 Å². The summed E-state index contributed by atoms with van der Waals surface area (Å²) in [5, 5.41) is 7.03. The SMILES string of the molecule is CCn1cc(Cl)cc1C(=O)N(C)Cc1ncn[nH]1. The average molecular weight is 268 g/mol. The van der Waals surface area contributed by atoms with Crippen molar-refractivity contribution < 1.29 is 4.79 Å². The van der Waals surface area contributed by atoms with Gasteiger partial charge in [0.05, 0.1) is 11.6 Å². The number of carbonyl (C=O) groups is 1. The van der Waals surface area contributed by atoms with Crippen molar-refractivity contribution >= 4 is 17.5 Å². The van der Waals surface area contributed by atoms with Crippen molar-refractivity contribution in [3.63, 3.8) is 0 Å². The molecule has 1 N–H and O–H groups in total. The smallest absolute Gasteiger partial charge is 0.270 e. The average Bonchev–Trinajstić information content (AvgIpc) is 2.97. The maximum absolute atomic E-state index is 12.2. The number of hydrogen-bond acceptors (Lipinski definition) is 3. The highest BCUT2D eigenvalue weighted by Crippen LogP contribution is 2.16. The number of aromatic amines is 1. The molecule has 0 aliphatic carbocycles. The van der Waals surface area contributed by atoms with Gasteiger partial charge in [0.25, 0.3) is 5.91 Å². The minimum Gasteiger partial charge on any atom is -0.342 e. The molecule has 0 fully saturated rings. The summed E-state index contributed by atoms with van der Waals surface area (Å²) >= 11 is 5.92. The van der Waals surface area contributed by atoms with Crippen molar-refractivity contribution in [3.8, 4) is 0 Å². The Bertz CT molecular complexity index is 534. The Kier molecular flexibility index (Phi) is 3.66. The number of aromatic nitrogens is 4. The topological polar surface area (TPSA) is 66.8 Å². The number of amides is 1. The highest BCUT2D eigenvalue weighted by Gasteiger charge is 2.17. The van der Waals surface area contributed by atoms with E-state index in [2.05, 4.69) is 15.2 Å². The molecule has 0 spiro atoms. The molecule has 7 heteroatoms. The lowest BCUT2D eigenvalue weighted by Crippen LogP contribution is -2.28. The summed E-state index contributed by atoms with van der Waals surface area (Å²) in [4.78, 5) is 17.8. The molecule has 2 aromatic rings. The van der Waals surface area contributed by atoms with Crippen LogP contribution in [0.4, 0.5) is 0 Å². The lowest BCUT2D eigenvalue weighted by atomic mass is 10.3. The van der Waals surface area contributed by atoms with Crippen LogP contribution in [0.15, 0.2) is 18.6 Å². The van der Waals surface area contributed by atoms with E-state index in [1.165, 1.54) is 6.33 Å². The molecule has 0 saturated heterocycles. The molecule has 18 heavy (non-hydrogen) atoms. The molecule has 2 heterocycles. The third-order valence-corrected chi connectivity index (χ3v) is 2.83. The summed E-state index contributed by atoms with van der Waals surface area (Å²) in [6, 6.07) is 1.67. The second-order valence-electron chi connectivity index (χ2n) is 3.92. The summed E-state index contributed by atoms with van der Waals surface area (Å²) in [6.45, 7) is 3.04. The summed E-state index contributed by atoms with van der Waals surface area (Å²) in [7, 11) is 1.71. The van der Waals surface area contributed by atoms with Gasteiger partial charge < -0.3 is 9.47 Å². The normalized spacial score (nSPS) is 10.6. The Balaban J connectivity index is 2.15. The van der Waals surface area contributed by atoms with Gasteiger partial charge in [-0.3, -0.25) is 9.89 Å². The second-order valence-corrected chi connectivity index (χ2v) is 4.36. The molecular weight excluding hydrogens is 254 g/mol. The van der Waals surface area contributed by atoms with Gasteiger partial charge in [0.1, 0.15) is 17.8 Å². The molecule has 1 amide bonds. The van der Waals surface area contributed by atoms with Crippen molar-refractivity contribution in [1.82, 2.24) is 24.6 Å². The van der Waals surface area contributed by atoms with Crippen LogP contribution >= 0.6 is 11.6 Å². The molecule has 6 nitrogen and oxygen atoms in total. The molecule has 2 aromatic heterocycles. The fraction of sp³-hybridized carbons (Fsp3) is 0.364. The quantitative estimate of drug-likeness (QED) is 0.914. The lowest BCUT2D eigenvalue weighted by molar-refractivity contribution is 0.0771. The van der Waals surface area contributed by atoms with Crippen LogP contribution < -0.4 is 0 Å². The van der Waals surface area contributed by atoms with Gasteiger partial charge in [-0.05, 0) is 13.0 Å². The molecule has 2 rings (SSSR count). The Labute approximate surface area is 110 Å². The summed E-state index contributed by atoms with van der Waals surface area (Å²) in [6.07, 6.45) is 3.16. The number of nitrogens with one attached hydrogen (secondary N) is 1. The fourth-order valence-electron chi connectivity index (χ4n) is 1.71. The number of H-pyrrole nitrogens is 1. The summed E-state index contributed by atoms with van der Waals surface area (Å²) in [5.41, 5.74) is 0.574. The van der Waals surface area contributed by atoms with E-state index in [-0.39, 0.29) is 5.91 Å². The van der Waals surface area contributed by atoms with E-state index in [0.717, 1.165) is 0 Å². The van der Waals surface area contributed by atoms with Gasteiger partial charge in [-0.15, -0.1) is 0 Å². The molecule has 0 unspecified atom stereocenters. The van der Waals surface area contributed by atoms with E-state index >= 15 is 0 Å². The molecule has 0 radical (unpaired) electrons. The molecule has 0 saturated carbocycles. The zero-order valence-corrected chi connectivity index (χ0v) is 11.0. The number of halogens is 1. The van der Waals surface area contributed by atoms with E-state index in [4.69, 9.17) is 11.6 Å². The molecule has 0 bridgehead atoms. The predicted octanol–water partition coefficient (Wildman–Crippen LogP) is 1.55. The highest BCUT2D eigenvalue weighted by molar-refractivity contribution is 6.31. The third-order valence-electron chi connectivity index (χ3n) is 2.62. The van der Waals surface area contributed by atoms with Gasteiger partial charge in [-0.2, -0.15) is 5.10 Å². The third kappa shape index (κ3) is 2.53. The lowest BCUT2D eigenvalue weighted by Gasteiger charge is -2.16. The van der Waals surface area contributed by atoms with Crippen LogP contribution in [-0.4, -0.2) is 37.6 Å². The van der Waals surface area contributed by atoms with Gasteiger partial charge in [-0.25, -0.2) is 4.98 Å². The molecular formula is C11H14ClN5O. The van der Waals surface area contributed by atoms with Crippen LogP contribution in [0.1, 0.15) is 23.2 Å². The van der Waals surface area contributed by atoms with Crippen molar-refractivity contribution in [2.24, 2.45) is 0 Å². The highest BCUT2D eigenvalue weighted by atomic mass is 35.5. The molecule has 0 aliphatic heterocycles. The summed E-state index contributed by atoms with van der Waals surface area (Å²) in [5.74, 6) is 0.548. The minimum absolute atomic E-state index is 0.0971. The maximum atomic E-state index is 12.2. The number of hydrogen-bond donors (Lipinski definition) is 1. The van der Waals surface area contributed by atoms with Gasteiger partial charge in [0.2, 0.25) is 0 Å². The van der Waals surface area contributed by atoms with E-state index < -0.39 is 0 Å². The Hall–Kier alpha value is -1.82. The zero-order chi connectivity index (χ0) is 13.1. The number of aryl methyl sites for hydroxylation is 1. The molecule has 0 atom stereocenters. The van der Waals surface area contributed by atoms with Gasteiger partial charge in [0.15, 0.2) is 0 Å². The van der Waals surface area contributed by atoms with Crippen LogP contribution in [0.25, 0.3) is 0 Å². The number of nitrogens with zero attached hydrogens (tertiary/aromatic N) is 4. The monoisotopic (exact) mass is 267 g/mol. The van der Waals surface area contributed by atoms with Crippen LogP contribution in [0, 0.1) is 0 Å². The van der Waals surface area contributed by atoms with Crippen molar-refractivity contribution in [2.45, 2.75) is 20.0 Å². The van der Waals surface area contributed by atoms with Crippen molar-refractivity contribution in [3.05, 3.63) is 35.1 Å². The van der Waals surface area contributed by atoms with Gasteiger partial charge in [-0.1, -0.05) is 11.6 Å². The van der Waals surface area contributed by atoms with E-state index in [0.29, 0.717) is 29.6 Å². The number of rotatable bonds is 4. The van der Waals surface area contributed by atoms with Crippen molar-refractivity contribution in [2.75, 3.05) is 7.05 Å². The molecule has 0 aromatic carbocycles. The fourth-order valence-corrected chi connectivity index (χ4v) is 1.94. The standard InChI is InChI=1S/C11H14ClN5O/c1-3-17-5-8(12)4-9(17)11(18)16(2)6-10-13-7-14-15-10/h4-5,7H,3,6H2,1-2H3,(H,13,14,15). The van der Waals surface area contributed by atoms with Crippen LogP contribution in [-0.2, 0) is 13.1 Å². The summed E-state index contributed by atoms with van der Waals surface area (Å²) < 4.78 is 1.82. The zero-order valence-electron chi connectivity index (χ0n) is 10.2. The first-order valence-electron chi connectivity index (χ1n) is 5.57. The van der Waals surface area contributed by atoms with Crippen molar-refractivity contribution in [1.29, 1.82) is 0 Å². The minimum atomic E-state index is -0.0971. The molecule has 0 aliphatic rings. The first-order valence-corrected chi connectivity index (χ1v) is 5.95. The molecule has 96 valence electrons. The predicted molar refractivity (Wildman–Crippen MR) is 67.3 cm³/mol. The second kappa shape index (κ2) is 5.22. The Morgan fingerprint density at radius 2 is 2.39 bits per heavy atom. The van der Waals surface area contributed by atoms with E-state index in [1.54, 1.807) is 24.2 Å². The maximum Gasteiger partial charge on any atom is 0.270 e. The Morgan fingerprint density at radius 3 is 3.00 bits per heavy atom. The van der Waals surface area contributed by atoms with E-state index in [1.807, 2.05) is 11.5 Å². The first kappa shape index (κ1) is 12.6.